The number of aliphatic hydroxyl groups excluding tert-OH is 1. The highest BCUT2D eigenvalue weighted by Crippen LogP contribution is 2.23. The standard InChI is InChI=1S/C14H18O3/c1-14(11-15,13(16)17-2)10-6-9-12-7-4-3-5-8-12/h3-9,15H,10-11H2,1-2H3/b9-6+/t14-/m1/s1. The first-order valence-electron chi connectivity index (χ1n) is 5.53. The highest BCUT2D eigenvalue weighted by Gasteiger charge is 2.32. The summed E-state index contributed by atoms with van der Waals surface area (Å²) in [6.07, 6.45) is 4.25. The van der Waals surface area contributed by atoms with Crippen molar-refractivity contribution in [3.8, 4) is 0 Å². The third-order valence-corrected chi connectivity index (χ3v) is 2.71. The van der Waals surface area contributed by atoms with Crippen molar-refractivity contribution in [2.45, 2.75) is 13.3 Å². The van der Waals surface area contributed by atoms with Crippen LogP contribution in [0.15, 0.2) is 36.4 Å². The topological polar surface area (TPSA) is 46.5 Å². The monoisotopic (exact) mass is 234 g/mol. The molecule has 0 aliphatic rings. The van der Waals surface area contributed by atoms with Crippen LogP contribution in [0.25, 0.3) is 6.08 Å². The number of aliphatic hydroxyl groups is 1. The molecule has 92 valence electrons. The van der Waals surface area contributed by atoms with Gasteiger partial charge in [-0.05, 0) is 18.9 Å². The molecular weight excluding hydrogens is 216 g/mol. The maximum atomic E-state index is 11.5. The van der Waals surface area contributed by atoms with Crippen molar-refractivity contribution in [2.75, 3.05) is 13.7 Å². The second kappa shape index (κ2) is 6.21. The number of rotatable bonds is 5. The summed E-state index contributed by atoms with van der Waals surface area (Å²) in [5.41, 5.74) is 0.206. The number of hydrogen-bond acceptors (Lipinski definition) is 3. The summed E-state index contributed by atoms with van der Waals surface area (Å²) in [7, 11) is 1.33. The molecule has 1 aromatic carbocycles. The van der Waals surface area contributed by atoms with Gasteiger partial charge in [0.2, 0.25) is 0 Å². The van der Waals surface area contributed by atoms with Crippen LogP contribution in [0.5, 0.6) is 0 Å². The number of methoxy groups -OCH3 is 1. The van der Waals surface area contributed by atoms with Crippen LogP contribution in [0.1, 0.15) is 18.9 Å². The Labute approximate surface area is 102 Å². The minimum absolute atomic E-state index is 0.223. The third-order valence-electron chi connectivity index (χ3n) is 2.71. The number of esters is 1. The van der Waals surface area contributed by atoms with Gasteiger partial charge < -0.3 is 9.84 Å². The molecule has 0 spiro atoms. The predicted octanol–water partition coefficient (Wildman–Crippen LogP) is 2.26. The van der Waals surface area contributed by atoms with Crippen LogP contribution in [0, 0.1) is 5.41 Å². The van der Waals surface area contributed by atoms with Crippen molar-refractivity contribution < 1.29 is 14.6 Å². The smallest absolute Gasteiger partial charge is 0.314 e. The zero-order valence-corrected chi connectivity index (χ0v) is 10.2. The second-order valence-electron chi connectivity index (χ2n) is 4.23. The summed E-state index contributed by atoms with van der Waals surface area (Å²) in [6, 6.07) is 9.80. The van der Waals surface area contributed by atoms with Gasteiger partial charge in [0, 0.05) is 0 Å². The van der Waals surface area contributed by atoms with Gasteiger partial charge in [0.1, 0.15) is 0 Å². The van der Waals surface area contributed by atoms with Crippen molar-refractivity contribution >= 4 is 12.0 Å². The first kappa shape index (κ1) is 13.5. The van der Waals surface area contributed by atoms with Crippen LogP contribution >= 0.6 is 0 Å². The molecule has 1 aromatic rings. The lowest BCUT2D eigenvalue weighted by Crippen LogP contribution is -2.32. The Hall–Kier alpha value is -1.61. The average molecular weight is 234 g/mol. The Morgan fingerprint density at radius 1 is 1.41 bits per heavy atom. The van der Waals surface area contributed by atoms with Gasteiger partial charge in [0.15, 0.2) is 0 Å². The number of benzene rings is 1. The van der Waals surface area contributed by atoms with Crippen molar-refractivity contribution in [1.29, 1.82) is 0 Å². The molecule has 17 heavy (non-hydrogen) atoms. The average Bonchev–Trinajstić information content (AvgIpc) is 2.38. The van der Waals surface area contributed by atoms with E-state index in [9.17, 15) is 9.90 Å². The third kappa shape index (κ3) is 3.71. The number of hydrogen-bond donors (Lipinski definition) is 1. The minimum Gasteiger partial charge on any atom is -0.469 e. The highest BCUT2D eigenvalue weighted by molar-refractivity contribution is 5.76. The summed E-state index contributed by atoms with van der Waals surface area (Å²) in [4.78, 5) is 11.5. The lowest BCUT2D eigenvalue weighted by Gasteiger charge is -2.22. The zero-order valence-electron chi connectivity index (χ0n) is 10.2. The molecule has 0 heterocycles. The molecular formula is C14H18O3. The molecule has 1 atom stereocenters. The summed E-state index contributed by atoms with van der Waals surface area (Å²) in [6.45, 7) is 1.47. The fourth-order valence-corrected chi connectivity index (χ4v) is 1.48. The first-order valence-corrected chi connectivity index (χ1v) is 5.53. The predicted molar refractivity (Wildman–Crippen MR) is 67.3 cm³/mol. The van der Waals surface area contributed by atoms with E-state index in [0.29, 0.717) is 6.42 Å². The highest BCUT2D eigenvalue weighted by atomic mass is 16.5. The number of carbonyl (C=O) groups is 1. The molecule has 0 aromatic heterocycles. The quantitative estimate of drug-likeness (QED) is 0.795. The molecule has 0 saturated heterocycles. The van der Waals surface area contributed by atoms with Crippen LogP contribution in [-0.4, -0.2) is 24.8 Å². The lowest BCUT2D eigenvalue weighted by atomic mass is 9.87. The van der Waals surface area contributed by atoms with Gasteiger partial charge in [-0.2, -0.15) is 0 Å². The molecule has 0 aliphatic heterocycles. The molecule has 0 saturated carbocycles. The maximum Gasteiger partial charge on any atom is 0.314 e. The maximum absolute atomic E-state index is 11.5. The zero-order chi connectivity index (χ0) is 12.7. The fraction of sp³-hybridized carbons (Fsp3) is 0.357. The largest absolute Gasteiger partial charge is 0.469 e. The van der Waals surface area contributed by atoms with Crippen molar-refractivity contribution in [3.05, 3.63) is 42.0 Å². The summed E-state index contributed by atoms with van der Waals surface area (Å²) in [5, 5.41) is 9.25. The van der Waals surface area contributed by atoms with Gasteiger partial charge >= 0.3 is 5.97 Å². The van der Waals surface area contributed by atoms with E-state index < -0.39 is 11.4 Å². The molecule has 0 aliphatic carbocycles. The molecule has 1 rings (SSSR count). The van der Waals surface area contributed by atoms with Crippen LogP contribution in [0.4, 0.5) is 0 Å². The molecule has 0 amide bonds. The Balaban J connectivity index is 2.65. The first-order chi connectivity index (χ1) is 8.12. The van der Waals surface area contributed by atoms with E-state index in [2.05, 4.69) is 4.74 Å². The van der Waals surface area contributed by atoms with Gasteiger partial charge in [0.05, 0.1) is 19.1 Å². The van der Waals surface area contributed by atoms with Crippen LogP contribution in [0.3, 0.4) is 0 Å². The van der Waals surface area contributed by atoms with Crippen molar-refractivity contribution in [2.24, 2.45) is 5.41 Å². The van der Waals surface area contributed by atoms with Gasteiger partial charge in [-0.15, -0.1) is 0 Å². The van der Waals surface area contributed by atoms with E-state index in [1.54, 1.807) is 6.92 Å². The van der Waals surface area contributed by atoms with Crippen molar-refractivity contribution in [3.63, 3.8) is 0 Å². The van der Waals surface area contributed by atoms with E-state index in [0.717, 1.165) is 5.56 Å². The van der Waals surface area contributed by atoms with Gasteiger partial charge in [-0.3, -0.25) is 4.79 Å². The molecule has 0 bridgehead atoms. The molecule has 0 unspecified atom stereocenters. The Morgan fingerprint density at radius 3 is 2.59 bits per heavy atom. The van der Waals surface area contributed by atoms with Gasteiger partial charge in [-0.25, -0.2) is 0 Å². The number of allylic oxidation sites excluding steroid dienone is 1. The number of ether oxygens (including phenoxy) is 1. The Morgan fingerprint density at radius 2 is 2.06 bits per heavy atom. The minimum atomic E-state index is -0.861. The Kier molecular flexibility index (Phi) is 4.91. The van der Waals surface area contributed by atoms with E-state index in [4.69, 9.17) is 0 Å². The second-order valence-corrected chi connectivity index (χ2v) is 4.23. The summed E-state index contributed by atoms with van der Waals surface area (Å²) in [5.74, 6) is -0.391. The molecule has 1 N–H and O–H groups in total. The van der Waals surface area contributed by atoms with E-state index >= 15 is 0 Å². The van der Waals surface area contributed by atoms with E-state index in [-0.39, 0.29) is 6.61 Å². The van der Waals surface area contributed by atoms with Crippen LogP contribution in [-0.2, 0) is 9.53 Å². The van der Waals surface area contributed by atoms with Crippen LogP contribution in [0.2, 0.25) is 0 Å². The molecule has 3 heteroatoms. The SMILES string of the molecule is COC(=O)[C@@](C)(CO)C/C=C/c1ccccc1. The van der Waals surface area contributed by atoms with E-state index in [1.807, 2.05) is 42.5 Å². The lowest BCUT2D eigenvalue weighted by molar-refractivity contribution is -0.153. The summed E-state index contributed by atoms with van der Waals surface area (Å²) >= 11 is 0. The van der Waals surface area contributed by atoms with Gasteiger partial charge in [0.25, 0.3) is 0 Å². The summed E-state index contributed by atoms with van der Waals surface area (Å²) < 4.78 is 4.68. The molecule has 3 nitrogen and oxygen atoms in total. The van der Waals surface area contributed by atoms with E-state index in [1.165, 1.54) is 7.11 Å². The van der Waals surface area contributed by atoms with Gasteiger partial charge in [-0.1, -0.05) is 42.5 Å². The molecule has 0 fully saturated rings. The number of carbonyl (C=O) groups excluding carboxylic acids is 1. The van der Waals surface area contributed by atoms with Crippen LogP contribution < -0.4 is 0 Å². The fourth-order valence-electron chi connectivity index (χ4n) is 1.48. The Bertz CT molecular complexity index is 384. The van der Waals surface area contributed by atoms with Crippen molar-refractivity contribution in [1.82, 2.24) is 0 Å². The normalized spacial score (nSPS) is 14.5. The molecule has 0 radical (unpaired) electrons.